The van der Waals surface area contributed by atoms with Gasteiger partial charge in [-0.1, -0.05) is 18.2 Å². The van der Waals surface area contributed by atoms with E-state index in [1.54, 1.807) is 0 Å². The van der Waals surface area contributed by atoms with Crippen molar-refractivity contribution in [3.05, 3.63) is 70.6 Å². The van der Waals surface area contributed by atoms with E-state index in [4.69, 9.17) is 4.98 Å². The van der Waals surface area contributed by atoms with Gasteiger partial charge in [-0.25, -0.2) is 4.98 Å². The molecule has 0 aliphatic carbocycles. The first-order valence-electron chi connectivity index (χ1n) is 9.01. The minimum Gasteiger partial charge on any atom is -0.324 e. The van der Waals surface area contributed by atoms with Crippen LogP contribution in [0.15, 0.2) is 54.6 Å². The maximum Gasteiger partial charge on any atom is 0.265 e. The largest absolute Gasteiger partial charge is 0.324 e. The minimum absolute atomic E-state index is 0.0892. The summed E-state index contributed by atoms with van der Waals surface area (Å²) in [5.74, 6) is 0.822. The van der Waals surface area contributed by atoms with Crippen LogP contribution in [0.25, 0.3) is 21.7 Å². The summed E-state index contributed by atoms with van der Waals surface area (Å²) >= 11 is 1.47. The molecule has 0 unspecified atom stereocenters. The smallest absolute Gasteiger partial charge is 0.265 e. The third kappa shape index (κ3) is 3.26. The summed E-state index contributed by atoms with van der Waals surface area (Å²) in [5.41, 5.74) is 5.29. The summed E-state index contributed by atoms with van der Waals surface area (Å²) in [7, 11) is 0. The Bertz CT molecular complexity index is 1140. The zero-order valence-corrected chi connectivity index (χ0v) is 16.4. The number of rotatable bonds is 4. The fourth-order valence-electron chi connectivity index (χ4n) is 3.18. The van der Waals surface area contributed by atoms with Gasteiger partial charge in [-0.05, 0) is 68.3 Å². The van der Waals surface area contributed by atoms with E-state index in [2.05, 4.69) is 29.8 Å². The molecule has 27 heavy (non-hydrogen) atoms. The molecule has 0 aliphatic rings. The van der Waals surface area contributed by atoms with Crippen molar-refractivity contribution in [2.75, 3.05) is 5.32 Å². The molecular formula is C22H21N3OS. The maximum absolute atomic E-state index is 12.7. The number of fused-ring (bicyclic) bond motifs is 1. The third-order valence-corrected chi connectivity index (χ3v) is 5.87. The van der Waals surface area contributed by atoms with Crippen LogP contribution in [-0.4, -0.2) is 15.5 Å². The van der Waals surface area contributed by atoms with Crippen LogP contribution < -0.4 is 5.32 Å². The van der Waals surface area contributed by atoms with E-state index in [1.165, 1.54) is 16.9 Å². The molecule has 0 saturated heterocycles. The second kappa shape index (κ2) is 7.00. The molecule has 0 aliphatic heterocycles. The van der Waals surface area contributed by atoms with Crippen LogP contribution in [0.3, 0.4) is 0 Å². The Hall–Kier alpha value is -2.92. The number of hydrogen-bond donors (Lipinski definition) is 1. The normalized spacial score (nSPS) is 11.1. The Kier molecular flexibility index (Phi) is 4.54. The SMILES string of the molecule is CCn1c(-c2ccc(C(=O)Nc3ccc(C)c(C)c3)s2)nc2ccccc21. The van der Waals surface area contributed by atoms with Crippen LogP contribution in [0, 0.1) is 13.8 Å². The third-order valence-electron chi connectivity index (χ3n) is 4.79. The number of aryl methyl sites for hydroxylation is 3. The summed E-state index contributed by atoms with van der Waals surface area (Å²) in [6, 6.07) is 17.9. The summed E-state index contributed by atoms with van der Waals surface area (Å²) in [6.45, 7) is 7.05. The van der Waals surface area contributed by atoms with Crippen molar-refractivity contribution >= 4 is 34.0 Å². The Balaban J connectivity index is 1.63. The van der Waals surface area contributed by atoms with Gasteiger partial charge in [-0.2, -0.15) is 0 Å². The number of nitrogens with one attached hydrogen (secondary N) is 1. The van der Waals surface area contributed by atoms with Crippen molar-refractivity contribution in [3.8, 4) is 10.7 Å². The number of benzene rings is 2. The molecule has 0 bridgehead atoms. The molecule has 136 valence electrons. The minimum atomic E-state index is -0.0892. The highest BCUT2D eigenvalue weighted by molar-refractivity contribution is 7.17. The lowest BCUT2D eigenvalue weighted by atomic mass is 10.1. The highest BCUT2D eigenvalue weighted by atomic mass is 32.1. The molecule has 2 heterocycles. The first-order valence-corrected chi connectivity index (χ1v) is 9.82. The van der Waals surface area contributed by atoms with E-state index in [1.807, 2.05) is 55.5 Å². The van der Waals surface area contributed by atoms with Crippen LogP contribution >= 0.6 is 11.3 Å². The van der Waals surface area contributed by atoms with Crippen molar-refractivity contribution in [3.63, 3.8) is 0 Å². The Labute approximate surface area is 162 Å². The summed E-state index contributed by atoms with van der Waals surface area (Å²) < 4.78 is 2.19. The zero-order chi connectivity index (χ0) is 19.0. The number of carbonyl (C=O) groups excluding carboxylic acids is 1. The first kappa shape index (κ1) is 17.5. The number of para-hydroxylation sites is 2. The summed E-state index contributed by atoms with van der Waals surface area (Å²) in [4.78, 5) is 19.1. The molecule has 2 aromatic carbocycles. The molecule has 0 spiro atoms. The van der Waals surface area contributed by atoms with Gasteiger partial charge in [0.2, 0.25) is 0 Å². The molecular weight excluding hydrogens is 354 g/mol. The predicted molar refractivity (Wildman–Crippen MR) is 113 cm³/mol. The van der Waals surface area contributed by atoms with Crippen LogP contribution in [0.1, 0.15) is 27.7 Å². The highest BCUT2D eigenvalue weighted by Gasteiger charge is 2.16. The lowest BCUT2D eigenvalue weighted by Crippen LogP contribution is -2.10. The number of imidazole rings is 1. The van der Waals surface area contributed by atoms with E-state index < -0.39 is 0 Å². The van der Waals surface area contributed by atoms with Crippen molar-refractivity contribution < 1.29 is 4.79 Å². The lowest BCUT2D eigenvalue weighted by molar-refractivity contribution is 0.103. The number of carbonyl (C=O) groups is 1. The molecule has 0 saturated carbocycles. The second-order valence-corrected chi connectivity index (χ2v) is 7.67. The lowest BCUT2D eigenvalue weighted by Gasteiger charge is -2.06. The van der Waals surface area contributed by atoms with E-state index >= 15 is 0 Å². The molecule has 0 radical (unpaired) electrons. The molecule has 4 nitrogen and oxygen atoms in total. The van der Waals surface area contributed by atoms with E-state index in [-0.39, 0.29) is 5.91 Å². The number of amides is 1. The fourth-order valence-corrected chi connectivity index (χ4v) is 4.08. The number of aromatic nitrogens is 2. The molecule has 1 amide bonds. The summed E-state index contributed by atoms with van der Waals surface area (Å²) in [5, 5.41) is 2.99. The van der Waals surface area contributed by atoms with Crippen molar-refractivity contribution in [2.24, 2.45) is 0 Å². The van der Waals surface area contributed by atoms with Crippen LogP contribution in [0.5, 0.6) is 0 Å². The van der Waals surface area contributed by atoms with Crippen molar-refractivity contribution in [1.29, 1.82) is 0 Å². The second-order valence-electron chi connectivity index (χ2n) is 6.59. The van der Waals surface area contributed by atoms with Gasteiger partial charge in [-0.3, -0.25) is 4.79 Å². The van der Waals surface area contributed by atoms with Crippen molar-refractivity contribution in [1.82, 2.24) is 9.55 Å². The zero-order valence-electron chi connectivity index (χ0n) is 15.6. The van der Waals surface area contributed by atoms with Gasteiger partial charge in [0, 0.05) is 12.2 Å². The number of anilines is 1. The predicted octanol–water partition coefficient (Wildman–Crippen LogP) is 5.65. The van der Waals surface area contributed by atoms with Crippen molar-refractivity contribution in [2.45, 2.75) is 27.3 Å². The van der Waals surface area contributed by atoms with Gasteiger partial charge in [0.05, 0.1) is 20.8 Å². The van der Waals surface area contributed by atoms with E-state index in [0.29, 0.717) is 4.88 Å². The molecule has 0 fully saturated rings. The molecule has 5 heteroatoms. The monoisotopic (exact) mass is 375 g/mol. The highest BCUT2D eigenvalue weighted by Crippen LogP contribution is 2.31. The van der Waals surface area contributed by atoms with Gasteiger partial charge in [0.15, 0.2) is 5.82 Å². The Morgan fingerprint density at radius 2 is 1.89 bits per heavy atom. The number of nitrogens with zero attached hydrogens (tertiary/aromatic N) is 2. The number of hydrogen-bond acceptors (Lipinski definition) is 3. The topological polar surface area (TPSA) is 46.9 Å². The van der Waals surface area contributed by atoms with Gasteiger partial charge in [0.25, 0.3) is 5.91 Å². The Morgan fingerprint density at radius 3 is 2.67 bits per heavy atom. The fraction of sp³-hybridized carbons (Fsp3) is 0.182. The average Bonchev–Trinajstić information content (AvgIpc) is 3.29. The van der Waals surface area contributed by atoms with Crippen LogP contribution in [0.2, 0.25) is 0 Å². The number of thiophene rings is 1. The van der Waals surface area contributed by atoms with Crippen LogP contribution in [-0.2, 0) is 6.54 Å². The van der Waals surface area contributed by atoms with Crippen LogP contribution in [0.4, 0.5) is 5.69 Å². The standard InChI is InChI=1S/C22H21N3OS/c1-4-25-18-8-6-5-7-17(18)24-21(25)19-11-12-20(27-19)22(26)23-16-10-9-14(2)15(3)13-16/h5-13H,4H2,1-3H3,(H,23,26). The van der Waals surface area contributed by atoms with Gasteiger partial charge in [-0.15, -0.1) is 11.3 Å². The molecule has 4 aromatic rings. The quantitative estimate of drug-likeness (QED) is 0.501. The van der Waals surface area contributed by atoms with Gasteiger partial charge >= 0.3 is 0 Å². The van der Waals surface area contributed by atoms with E-state index in [0.717, 1.165) is 39.5 Å². The molecule has 4 rings (SSSR count). The van der Waals surface area contributed by atoms with E-state index in [9.17, 15) is 4.79 Å². The average molecular weight is 375 g/mol. The Morgan fingerprint density at radius 1 is 1.07 bits per heavy atom. The maximum atomic E-state index is 12.7. The molecule has 1 N–H and O–H groups in total. The summed E-state index contributed by atoms with van der Waals surface area (Å²) in [6.07, 6.45) is 0. The molecule has 0 atom stereocenters. The first-order chi connectivity index (χ1) is 13.1. The molecule has 2 aromatic heterocycles. The van der Waals surface area contributed by atoms with Gasteiger partial charge in [0.1, 0.15) is 0 Å². The van der Waals surface area contributed by atoms with Gasteiger partial charge < -0.3 is 9.88 Å².